The maximum absolute atomic E-state index is 9.68. The van der Waals surface area contributed by atoms with Crippen molar-refractivity contribution in [1.82, 2.24) is 0 Å². The van der Waals surface area contributed by atoms with E-state index in [-0.39, 0.29) is 6.10 Å². The van der Waals surface area contributed by atoms with Gasteiger partial charge in [0.2, 0.25) is 0 Å². The fourth-order valence-corrected chi connectivity index (χ4v) is 4.16. The molecule has 0 heterocycles. The Kier molecular flexibility index (Phi) is 9.17. The number of hydrogen-bond acceptors (Lipinski definition) is 3. The predicted octanol–water partition coefficient (Wildman–Crippen LogP) is 4.10. The van der Waals surface area contributed by atoms with Crippen molar-refractivity contribution in [1.29, 1.82) is 0 Å². The molecule has 4 atom stereocenters. The average molecular weight is 288 g/mol. The van der Waals surface area contributed by atoms with Crippen molar-refractivity contribution < 1.29 is 5.11 Å². The van der Waals surface area contributed by atoms with Gasteiger partial charge in [-0.1, -0.05) is 58.3 Å². The second-order valence-electron chi connectivity index (χ2n) is 6.19. The monoisotopic (exact) mass is 287 g/mol. The maximum atomic E-state index is 9.68. The van der Waals surface area contributed by atoms with Crippen LogP contribution in [0.3, 0.4) is 0 Å². The second kappa shape index (κ2) is 10.1. The summed E-state index contributed by atoms with van der Waals surface area (Å²) < 4.78 is 0. The summed E-state index contributed by atoms with van der Waals surface area (Å²) in [5.41, 5.74) is 6.40. The Morgan fingerprint density at radius 2 is 1.37 bits per heavy atom. The van der Waals surface area contributed by atoms with Crippen LogP contribution in [0.25, 0.3) is 0 Å². The van der Waals surface area contributed by atoms with Gasteiger partial charge in [0, 0.05) is 16.5 Å². The largest absolute Gasteiger partial charge is 0.392 e. The van der Waals surface area contributed by atoms with Gasteiger partial charge >= 0.3 is 0 Å². The Balaban J connectivity index is 2.46. The van der Waals surface area contributed by atoms with Crippen LogP contribution in [-0.4, -0.2) is 27.8 Å². The number of nitrogens with two attached hydrogens (primary N) is 1. The third-order valence-electron chi connectivity index (χ3n) is 4.32. The minimum atomic E-state index is -0.237. The summed E-state index contributed by atoms with van der Waals surface area (Å²) in [7, 11) is 0. The van der Waals surface area contributed by atoms with Crippen LogP contribution < -0.4 is 5.73 Å². The molecule has 1 aliphatic carbocycles. The summed E-state index contributed by atoms with van der Waals surface area (Å²) >= 11 is 1.91. The van der Waals surface area contributed by atoms with Crippen molar-refractivity contribution in [2.45, 2.75) is 101 Å². The molecule has 4 unspecified atom stereocenters. The van der Waals surface area contributed by atoms with Gasteiger partial charge in [-0.15, -0.1) is 0 Å². The van der Waals surface area contributed by atoms with E-state index in [4.69, 9.17) is 5.73 Å². The van der Waals surface area contributed by atoms with E-state index in [1.54, 1.807) is 0 Å². The van der Waals surface area contributed by atoms with Crippen LogP contribution in [0.4, 0.5) is 0 Å². The molecule has 0 radical (unpaired) electrons. The van der Waals surface area contributed by atoms with Gasteiger partial charge in [0.1, 0.15) is 0 Å². The minimum absolute atomic E-state index is 0.237. The first-order chi connectivity index (χ1) is 9.11. The fourth-order valence-electron chi connectivity index (χ4n) is 2.74. The first-order valence-corrected chi connectivity index (χ1v) is 9.14. The maximum Gasteiger partial charge on any atom is 0.0628 e. The van der Waals surface area contributed by atoms with Gasteiger partial charge in [0.25, 0.3) is 0 Å². The SMILES string of the molecule is CC(O)C(C)SC1CCCCCCCCCCC1N. The molecule has 0 spiro atoms. The highest BCUT2D eigenvalue weighted by Gasteiger charge is 2.22. The summed E-state index contributed by atoms with van der Waals surface area (Å²) in [6, 6.07) is 0.311. The number of aliphatic hydroxyl groups excluding tert-OH is 1. The van der Waals surface area contributed by atoms with Gasteiger partial charge in [0.15, 0.2) is 0 Å². The molecule has 3 heteroatoms. The van der Waals surface area contributed by atoms with Crippen LogP contribution in [0.5, 0.6) is 0 Å². The zero-order valence-electron chi connectivity index (χ0n) is 12.8. The van der Waals surface area contributed by atoms with Gasteiger partial charge < -0.3 is 10.8 Å². The molecule has 19 heavy (non-hydrogen) atoms. The Bertz CT molecular complexity index is 223. The quantitative estimate of drug-likeness (QED) is 0.821. The average Bonchev–Trinajstić information content (AvgIpc) is 2.37. The first kappa shape index (κ1) is 17.3. The van der Waals surface area contributed by atoms with Gasteiger partial charge in [-0.3, -0.25) is 0 Å². The molecule has 0 bridgehead atoms. The van der Waals surface area contributed by atoms with E-state index in [0.29, 0.717) is 16.5 Å². The Morgan fingerprint density at radius 3 is 1.89 bits per heavy atom. The van der Waals surface area contributed by atoms with Gasteiger partial charge in [-0.2, -0.15) is 11.8 Å². The van der Waals surface area contributed by atoms with Crippen LogP contribution in [0.1, 0.15) is 78.1 Å². The van der Waals surface area contributed by atoms with Crippen LogP contribution in [0.2, 0.25) is 0 Å². The topological polar surface area (TPSA) is 46.2 Å². The van der Waals surface area contributed by atoms with Gasteiger partial charge in [-0.05, 0) is 19.8 Å². The molecule has 2 nitrogen and oxygen atoms in total. The zero-order valence-corrected chi connectivity index (χ0v) is 13.6. The fraction of sp³-hybridized carbons (Fsp3) is 1.00. The molecule has 1 rings (SSSR count). The number of rotatable bonds is 3. The third-order valence-corrected chi connectivity index (χ3v) is 6.08. The summed E-state index contributed by atoms with van der Waals surface area (Å²) in [6.07, 6.45) is 13.0. The lowest BCUT2D eigenvalue weighted by atomic mass is 9.98. The molecule has 0 aromatic heterocycles. The summed E-state index contributed by atoms with van der Waals surface area (Å²) in [4.78, 5) is 0. The van der Waals surface area contributed by atoms with E-state index in [1.807, 2.05) is 18.7 Å². The Labute approximate surface area is 123 Å². The lowest BCUT2D eigenvalue weighted by Gasteiger charge is -2.28. The minimum Gasteiger partial charge on any atom is -0.392 e. The van der Waals surface area contributed by atoms with Gasteiger partial charge in [-0.25, -0.2) is 0 Å². The molecule has 1 saturated carbocycles. The number of thioether (sulfide) groups is 1. The van der Waals surface area contributed by atoms with E-state index in [9.17, 15) is 5.11 Å². The molecule has 0 amide bonds. The smallest absolute Gasteiger partial charge is 0.0628 e. The molecule has 1 aliphatic rings. The third kappa shape index (κ3) is 7.57. The molecule has 3 N–H and O–H groups in total. The van der Waals surface area contributed by atoms with Crippen LogP contribution in [0.15, 0.2) is 0 Å². The van der Waals surface area contributed by atoms with Crippen molar-refractivity contribution in [3.63, 3.8) is 0 Å². The molecule has 0 aromatic carbocycles. The van der Waals surface area contributed by atoms with E-state index in [0.717, 1.165) is 6.42 Å². The molecule has 114 valence electrons. The zero-order chi connectivity index (χ0) is 14.1. The standard InChI is InChI=1S/C16H33NOS/c1-13(18)14(2)19-16-12-10-8-6-4-3-5-7-9-11-15(16)17/h13-16,18H,3-12,17H2,1-2H3. The molecule has 0 saturated heterocycles. The number of aliphatic hydroxyl groups is 1. The highest BCUT2D eigenvalue weighted by atomic mass is 32.2. The second-order valence-corrected chi connectivity index (χ2v) is 7.81. The summed E-state index contributed by atoms with van der Waals surface area (Å²) in [6.45, 7) is 4.01. The van der Waals surface area contributed by atoms with Crippen LogP contribution in [0, 0.1) is 0 Å². The number of hydrogen-bond donors (Lipinski definition) is 2. The van der Waals surface area contributed by atoms with E-state index < -0.39 is 0 Å². The highest BCUT2D eigenvalue weighted by molar-refractivity contribution is 8.00. The highest BCUT2D eigenvalue weighted by Crippen LogP contribution is 2.29. The summed E-state index contributed by atoms with van der Waals surface area (Å²) in [5, 5.41) is 10.5. The van der Waals surface area contributed by atoms with Gasteiger partial charge in [0.05, 0.1) is 6.10 Å². The first-order valence-electron chi connectivity index (χ1n) is 8.20. The molecule has 0 aliphatic heterocycles. The molecular formula is C16H33NOS. The van der Waals surface area contributed by atoms with E-state index >= 15 is 0 Å². The lowest BCUT2D eigenvalue weighted by molar-refractivity contribution is 0.196. The molecule has 1 fully saturated rings. The van der Waals surface area contributed by atoms with Crippen LogP contribution >= 0.6 is 11.8 Å². The molecular weight excluding hydrogens is 254 g/mol. The van der Waals surface area contributed by atoms with Crippen molar-refractivity contribution in [3.05, 3.63) is 0 Å². The van der Waals surface area contributed by atoms with Crippen molar-refractivity contribution in [2.24, 2.45) is 5.73 Å². The van der Waals surface area contributed by atoms with E-state index in [2.05, 4.69) is 6.92 Å². The summed E-state index contributed by atoms with van der Waals surface area (Å²) in [5.74, 6) is 0. The van der Waals surface area contributed by atoms with E-state index in [1.165, 1.54) is 57.8 Å². The van der Waals surface area contributed by atoms with Crippen molar-refractivity contribution in [3.8, 4) is 0 Å². The molecule has 0 aromatic rings. The Morgan fingerprint density at radius 1 is 0.895 bits per heavy atom. The Hall–Kier alpha value is 0.270. The van der Waals surface area contributed by atoms with Crippen molar-refractivity contribution in [2.75, 3.05) is 0 Å². The predicted molar refractivity (Wildman–Crippen MR) is 86.7 cm³/mol. The van der Waals surface area contributed by atoms with Crippen LogP contribution in [-0.2, 0) is 0 Å². The normalized spacial score (nSPS) is 30.9. The lowest BCUT2D eigenvalue weighted by Crippen LogP contribution is -2.35. The van der Waals surface area contributed by atoms with Crippen molar-refractivity contribution >= 4 is 11.8 Å².